The summed E-state index contributed by atoms with van der Waals surface area (Å²) in [5.74, 6) is -1.21. The highest BCUT2D eigenvalue weighted by Crippen LogP contribution is 2.42. The molecule has 116 valence electrons. The summed E-state index contributed by atoms with van der Waals surface area (Å²) in [7, 11) is 0. The van der Waals surface area contributed by atoms with Crippen molar-refractivity contribution >= 4 is 0 Å². The van der Waals surface area contributed by atoms with E-state index in [0.717, 1.165) is 31.0 Å². The van der Waals surface area contributed by atoms with Gasteiger partial charge >= 0.3 is 0 Å². The van der Waals surface area contributed by atoms with E-state index in [1.807, 2.05) is 0 Å². The summed E-state index contributed by atoms with van der Waals surface area (Å²) in [6.45, 7) is 1.84. The van der Waals surface area contributed by atoms with Gasteiger partial charge in [0.15, 0.2) is 0 Å². The van der Waals surface area contributed by atoms with E-state index in [-0.39, 0.29) is 17.1 Å². The maximum Gasteiger partial charge on any atom is 0.129 e. The van der Waals surface area contributed by atoms with Gasteiger partial charge in [-0.15, -0.1) is 0 Å². The molecule has 5 heteroatoms. The molecule has 2 fully saturated rings. The van der Waals surface area contributed by atoms with Gasteiger partial charge in [0, 0.05) is 25.4 Å². The molecule has 21 heavy (non-hydrogen) atoms. The molecule has 1 aromatic carbocycles. The maximum absolute atomic E-state index is 13.8. The monoisotopic (exact) mass is 298 g/mol. The van der Waals surface area contributed by atoms with Crippen LogP contribution in [0.1, 0.15) is 37.4 Å². The fraction of sp³-hybridized carbons (Fsp3) is 0.625. The van der Waals surface area contributed by atoms with Crippen LogP contribution in [0.25, 0.3) is 0 Å². The molecule has 2 saturated heterocycles. The van der Waals surface area contributed by atoms with Gasteiger partial charge in [-0.25, -0.2) is 8.78 Å². The predicted molar refractivity (Wildman–Crippen MR) is 72.8 cm³/mol. The van der Waals surface area contributed by atoms with Crippen LogP contribution in [-0.2, 0) is 9.47 Å². The van der Waals surface area contributed by atoms with Crippen molar-refractivity contribution in [2.75, 3.05) is 19.8 Å². The Hall–Kier alpha value is -1.04. The number of rotatable bonds is 2. The summed E-state index contributed by atoms with van der Waals surface area (Å²) < 4.78 is 38.4. The second-order valence-corrected chi connectivity index (χ2v) is 6.01. The van der Waals surface area contributed by atoms with Crippen molar-refractivity contribution in [3.05, 3.63) is 35.4 Å². The zero-order valence-electron chi connectivity index (χ0n) is 11.9. The number of benzene rings is 1. The quantitative estimate of drug-likeness (QED) is 0.912. The minimum Gasteiger partial charge on any atom is -0.388 e. The molecule has 2 aliphatic rings. The highest BCUT2D eigenvalue weighted by Gasteiger charge is 2.41. The molecule has 1 N–H and O–H groups in total. The number of hydrogen-bond acceptors (Lipinski definition) is 3. The summed E-state index contributed by atoms with van der Waals surface area (Å²) in [5.41, 5.74) is -0.226. The Morgan fingerprint density at radius 2 is 1.95 bits per heavy atom. The standard InChI is InChI=1S/C16H20F2O3/c17-12-1-2-14(18)13(9-12)15(19)11-3-6-21-16(10-11)4-7-20-8-5-16/h1-2,9,11,15,19H,3-8,10H2. The zero-order valence-corrected chi connectivity index (χ0v) is 11.9. The largest absolute Gasteiger partial charge is 0.388 e. The first-order valence-electron chi connectivity index (χ1n) is 7.44. The van der Waals surface area contributed by atoms with Gasteiger partial charge in [-0.1, -0.05) is 0 Å². The Balaban J connectivity index is 1.77. The molecule has 1 spiro atoms. The van der Waals surface area contributed by atoms with Gasteiger partial charge in [0.25, 0.3) is 0 Å². The van der Waals surface area contributed by atoms with E-state index in [1.165, 1.54) is 0 Å². The molecule has 2 heterocycles. The minimum absolute atomic E-state index is 0.0455. The lowest BCUT2D eigenvalue weighted by Crippen LogP contribution is -2.45. The third kappa shape index (κ3) is 3.10. The molecular weight excluding hydrogens is 278 g/mol. The van der Waals surface area contributed by atoms with Crippen molar-refractivity contribution in [1.82, 2.24) is 0 Å². The van der Waals surface area contributed by atoms with Crippen molar-refractivity contribution in [2.24, 2.45) is 5.92 Å². The van der Waals surface area contributed by atoms with Gasteiger partial charge in [0.2, 0.25) is 0 Å². The first-order chi connectivity index (χ1) is 10.1. The SMILES string of the molecule is OC(c1cc(F)ccc1F)C1CCOC2(CCOCC2)C1. The molecule has 0 amide bonds. The molecule has 1 aromatic rings. The summed E-state index contributed by atoms with van der Waals surface area (Å²) >= 11 is 0. The molecule has 0 saturated carbocycles. The van der Waals surface area contributed by atoms with E-state index < -0.39 is 17.7 Å². The highest BCUT2D eigenvalue weighted by atomic mass is 19.1. The summed E-state index contributed by atoms with van der Waals surface area (Å²) in [5, 5.41) is 10.5. The Bertz CT molecular complexity index is 495. The molecule has 3 rings (SSSR count). The molecular formula is C16H20F2O3. The average molecular weight is 298 g/mol. The van der Waals surface area contributed by atoms with Crippen LogP contribution in [0.15, 0.2) is 18.2 Å². The Kier molecular flexibility index (Phi) is 4.24. The van der Waals surface area contributed by atoms with Gasteiger partial charge in [0.05, 0.1) is 11.7 Å². The number of halogens is 2. The fourth-order valence-corrected chi connectivity index (χ4v) is 3.42. The Morgan fingerprint density at radius 1 is 1.19 bits per heavy atom. The van der Waals surface area contributed by atoms with Crippen LogP contribution in [0.4, 0.5) is 8.78 Å². The molecule has 2 atom stereocenters. The van der Waals surface area contributed by atoms with Gasteiger partial charge in [0.1, 0.15) is 11.6 Å². The van der Waals surface area contributed by atoms with Crippen LogP contribution >= 0.6 is 0 Å². The van der Waals surface area contributed by atoms with E-state index in [2.05, 4.69) is 0 Å². The number of aliphatic hydroxyl groups is 1. The third-order valence-corrected chi connectivity index (χ3v) is 4.66. The number of aliphatic hydroxyl groups excluding tert-OH is 1. The molecule has 0 radical (unpaired) electrons. The lowest BCUT2D eigenvalue weighted by Gasteiger charge is -2.44. The van der Waals surface area contributed by atoms with Gasteiger partial charge in [-0.05, 0) is 49.8 Å². The van der Waals surface area contributed by atoms with E-state index in [1.54, 1.807) is 0 Å². The first-order valence-corrected chi connectivity index (χ1v) is 7.44. The van der Waals surface area contributed by atoms with E-state index in [9.17, 15) is 13.9 Å². The number of ether oxygens (including phenoxy) is 2. The summed E-state index contributed by atoms with van der Waals surface area (Å²) in [6.07, 6.45) is 1.90. The summed E-state index contributed by atoms with van der Waals surface area (Å²) in [4.78, 5) is 0. The van der Waals surface area contributed by atoms with Crippen LogP contribution in [0.2, 0.25) is 0 Å². The van der Waals surface area contributed by atoms with Gasteiger partial charge in [-0.2, -0.15) is 0 Å². The third-order valence-electron chi connectivity index (χ3n) is 4.66. The van der Waals surface area contributed by atoms with Crippen molar-refractivity contribution < 1.29 is 23.4 Å². The Labute approximate surface area is 122 Å². The second kappa shape index (κ2) is 5.99. The van der Waals surface area contributed by atoms with Crippen LogP contribution in [0.3, 0.4) is 0 Å². The lowest BCUT2D eigenvalue weighted by atomic mass is 9.77. The molecule has 2 unspecified atom stereocenters. The summed E-state index contributed by atoms with van der Waals surface area (Å²) in [6, 6.07) is 3.22. The van der Waals surface area contributed by atoms with Gasteiger partial charge in [-0.3, -0.25) is 0 Å². The van der Waals surface area contributed by atoms with Crippen LogP contribution in [-0.4, -0.2) is 30.5 Å². The van der Waals surface area contributed by atoms with E-state index in [0.29, 0.717) is 32.7 Å². The molecule has 3 nitrogen and oxygen atoms in total. The molecule has 0 aliphatic carbocycles. The van der Waals surface area contributed by atoms with Crippen LogP contribution < -0.4 is 0 Å². The minimum atomic E-state index is -0.996. The zero-order chi connectivity index (χ0) is 14.9. The van der Waals surface area contributed by atoms with Crippen molar-refractivity contribution in [3.8, 4) is 0 Å². The highest BCUT2D eigenvalue weighted by molar-refractivity contribution is 5.22. The Morgan fingerprint density at radius 3 is 2.71 bits per heavy atom. The molecule has 0 aromatic heterocycles. The van der Waals surface area contributed by atoms with E-state index in [4.69, 9.17) is 9.47 Å². The van der Waals surface area contributed by atoms with E-state index >= 15 is 0 Å². The van der Waals surface area contributed by atoms with Crippen LogP contribution in [0.5, 0.6) is 0 Å². The predicted octanol–water partition coefficient (Wildman–Crippen LogP) is 2.97. The lowest BCUT2D eigenvalue weighted by molar-refractivity contribution is -0.159. The van der Waals surface area contributed by atoms with Crippen molar-refractivity contribution in [1.29, 1.82) is 0 Å². The number of hydrogen-bond donors (Lipinski definition) is 1. The molecule has 2 aliphatic heterocycles. The van der Waals surface area contributed by atoms with Crippen molar-refractivity contribution in [3.63, 3.8) is 0 Å². The topological polar surface area (TPSA) is 38.7 Å². The average Bonchev–Trinajstić information content (AvgIpc) is 2.50. The van der Waals surface area contributed by atoms with Crippen LogP contribution in [0, 0.1) is 17.6 Å². The normalized spacial score (nSPS) is 26.7. The smallest absolute Gasteiger partial charge is 0.129 e. The fourth-order valence-electron chi connectivity index (χ4n) is 3.42. The molecule has 0 bridgehead atoms. The van der Waals surface area contributed by atoms with Gasteiger partial charge < -0.3 is 14.6 Å². The van der Waals surface area contributed by atoms with Crippen molar-refractivity contribution in [2.45, 2.75) is 37.4 Å². The first kappa shape index (κ1) is 14.9. The maximum atomic E-state index is 13.8. The second-order valence-electron chi connectivity index (χ2n) is 6.01.